The zero-order valence-corrected chi connectivity index (χ0v) is 14.4. The van der Waals surface area contributed by atoms with Gasteiger partial charge < -0.3 is 14.0 Å². The summed E-state index contributed by atoms with van der Waals surface area (Å²) in [5.74, 6) is 0.0728. The Bertz CT molecular complexity index is 764. The normalized spacial score (nSPS) is 10.5. The number of methoxy groups -OCH3 is 1. The minimum atomic E-state index is -0.592. The largest absolute Gasteiger partial charge is 0.497 e. The molecule has 0 aliphatic heterocycles. The summed E-state index contributed by atoms with van der Waals surface area (Å²) in [6, 6.07) is 9.07. The van der Waals surface area contributed by atoms with Crippen molar-refractivity contribution in [3.8, 4) is 16.9 Å². The SMILES string of the molecule is CCCCn1ccc(-c2cccc(OC)c2)c(C(=O)OCC)c1=O. The van der Waals surface area contributed by atoms with Crippen molar-refractivity contribution in [3.05, 3.63) is 52.4 Å². The molecule has 0 unspecified atom stereocenters. The van der Waals surface area contributed by atoms with Crippen LogP contribution in [0.4, 0.5) is 0 Å². The average molecular weight is 329 g/mol. The number of aryl methyl sites for hydroxylation is 1. The summed E-state index contributed by atoms with van der Waals surface area (Å²) >= 11 is 0. The third kappa shape index (κ3) is 3.85. The Morgan fingerprint density at radius 2 is 2.00 bits per heavy atom. The van der Waals surface area contributed by atoms with E-state index in [-0.39, 0.29) is 17.7 Å². The molecule has 0 saturated heterocycles. The van der Waals surface area contributed by atoms with Crippen molar-refractivity contribution in [2.24, 2.45) is 0 Å². The van der Waals surface area contributed by atoms with Gasteiger partial charge in [0.2, 0.25) is 0 Å². The molecule has 1 heterocycles. The third-order valence-electron chi connectivity index (χ3n) is 3.78. The summed E-state index contributed by atoms with van der Waals surface area (Å²) in [5, 5.41) is 0. The molecule has 128 valence electrons. The highest BCUT2D eigenvalue weighted by atomic mass is 16.5. The summed E-state index contributed by atoms with van der Waals surface area (Å²) in [4.78, 5) is 25.1. The van der Waals surface area contributed by atoms with Gasteiger partial charge in [-0.2, -0.15) is 0 Å². The first-order valence-corrected chi connectivity index (χ1v) is 8.17. The van der Waals surface area contributed by atoms with E-state index in [1.165, 1.54) is 0 Å². The van der Waals surface area contributed by atoms with Crippen LogP contribution in [0.1, 0.15) is 37.0 Å². The fourth-order valence-corrected chi connectivity index (χ4v) is 2.51. The monoisotopic (exact) mass is 329 g/mol. The second kappa shape index (κ2) is 8.34. The fraction of sp³-hybridized carbons (Fsp3) is 0.368. The van der Waals surface area contributed by atoms with Gasteiger partial charge in [0.15, 0.2) is 0 Å². The number of unbranched alkanes of at least 4 members (excludes halogenated alkanes) is 1. The topological polar surface area (TPSA) is 57.5 Å². The van der Waals surface area contributed by atoms with Crippen LogP contribution in [0.2, 0.25) is 0 Å². The second-order valence-electron chi connectivity index (χ2n) is 5.41. The van der Waals surface area contributed by atoms with Crippen molar-refractivity contribution in [1.82, 2.24) is 4.57 Å². The van der Waals surface area contributed by atoms with E-state index in [4.69, 9.17) is 9.47 Å². The lowest BCUT2D eigenvalue weighted by atomic mass is 10.0. The van der Waals surface area contributed by atoms with Crippen LogP contribution < -0.4 is 10.3 Å². The molecule has 0 saturated carbocycles. The molecule has 5 nitrogen and oxygen atoms in total. The number of benzene rings is 1. The van der Waals surface area contributed by atoms with Crippen molar-refractivity contribution in [3.63, 3.8) is 0 Å². The van der Waals surface area contributed by atoms with Crippen LogP contribution in [0.25, 0.3) is 11.1 Å². The van der Waals surface area contributed by atoms with Gasteiger partial charge in [0.25, 0.3) is 5.56 Å². The zero-order chi connectivity index (χ0) is 17.5. The third-order valence-corrected chi connectivity index (χ3v) is 3.78. The van der Waals surface area contributed by atoms with Gasteiger partial charge in [0.1, 0.15) is 11.3 Å². The first-order valence-electron chi connectivity index (χ1n) is 8.17. The van der Waals surface area contributed by atoms with Gasteiger partial charge in [-0.15, -0.1) is 0 Å². The number of carbonyl (C=O) groups excluding carboxylic acids is 1. The molecule has 0 N–H and O–H groups in total. The Hall–Kier alpha value is -2.56. The summed E-state index contributed by atoms with van der Waals surface area (Å²) < 4.78 is 11.9. The van der Waals surface area contributed by atoms with E-state index in [1.54, 1.807) is 36.9 Å². The molecule has 0 aliphatic carbocycles. The second-order valence-corrected chi connectivity index (χ2v) is 5.41. The van der Waals surface area contributed by atoms with Gasteiger partial charge in [-0.25, -0.2) is 4.79 Å². The molecule has 0 amide bonds. The first-order chi connectivity index (χ1) is 11.6. The van der Waals surface area contributed by atoms with Gasteiger partial charge in [-0.3, -0.25) is 4.79 Å². The molecule has 0 spiro atoms. The van der Waals surface area contributed by atoms with Gasteiger partial charge in [0.05, 0.1) is 13.7 Å². The Kier molecular flexibility index (Phi) is 6.18. The van der Waals surface area contributed by atoms with Crippen molar-refractivity contribution in [2.75, 3.05) is 13.7 Å². The van der Waals surface area contributed by atoms with Crippen molar-refractivity contribution < 1.29 is 14.3 Å². The smallest absolute Gasteiger partial charge is 0.344 e. The lowest BCUT2D eigenvalue weighted by molar-refractivity contribution is 0.0524. The molecule has 0 fully saturated rings. The maximum absolute atomic E-state index is 12.8. The lowest BCUT2D eigenvalue weighted by Gasteiger charge is -2.13. The average Bonchev–Trinajstić information content (AvgIpc) is 2.60. The number of hydrogen-bond acceptors (Lipinski definition) is 4. The molecule has 0 radical (unpaired) electrons. The summed E-state index contributed by atoms with van der Waals surface area (Å²) in [6.45, 7) is 4.59. The molecule has 0 bridgehead atoms. The van der Waals surface area contributed by atoms with Crippen LogP contribution in [-0.4, -0.2) is 24.3 Å². The van der Waals surface area contributed by atoms with Crippen LogP contribution in [0.15, 0.2) is 41.3 Å². The van der Waals surface area contributed by atoms with Crippen LogP contribution in [0.5, 0.6) is 5.75 Å². The molecule has 1 aromatic carbocycles. The van der Waals surface area contributed by atoms with Gasteiger partial charge in [-0.1, -0.05) is 25.5 Å². The Labute approximate surface area is 141 Å². The van der Waals surface area contributed by atoms with Crippen LogP contribution >= 0.6 is 0 Å². The van der Waals surface area contributed by atoms with Crippen molar-refractivity contribution in [2.45, 2.75) is 33.2 Å². The Morgan fingerprint density at radius 1 is 1.21 bits per heavy atom. The van der Waals surface area contributed by atoms with Gasteiger partial charge in [0, 0.05) is 18.3 Å². The van der Waals surface area contributed by atoms with Crippen molar-refractivity contribution >= 4 is 5.97 Å². The van der Waals surface area contributed by atoms with E-state index < -0.39 is 5.97 Å². The maximum Gasteiger partial charge on any atom is 0.344 e. The maximum atomic E-state index is 12.8. The van der Waals surface area contributed by atoms with Crippen LogP contribution in [0, 0.1) is 0 Å². The number of esters is 1. The van der Waals surface area contributed by atoms with E-state index in [2.05, 4.69) is 6.92 Å². The standard InChI is InChI=1S/C19H23NO4/c1-4-6-11-20-12-10-16(14-8-7-9-15(13-14)23-3)17(18(20)21)19(22)24-5-2/h7-10,12-13H,4-6,11H2,1-3H3. The molecular formula is C19H23NO4. The molecule has 0 atom stereocenters. The Balaban J connectivity index is 2.59. The van der Waals surface area contributed by atoms with Gasteiger partial charge in [-0.05, 0) is 37.1 Å². The highest BCUT2D eigenvalue weighted by molar-refractivity contribution is 5.97. The number of aromatic nitrogens is 1. The Morgan fingerprint density at radius 3 is 2.67 bits per heavy atom. The molecule has 2 aromatic rings. The lowest BCUT2D eigenvalue weighted by Crippen LogP contribution is -2.28. The minimum Gasteiger partial charge on any atom is -0.497 e. The highest BCUT2D eigenvalue weighted by Gasteiger charge is 2.20. The fourth-order valence-electron chi connectivity index (χ4n) is 2.51. The van der Waals surface area contributed by atoms with E-state index in [0.29, 0.717) is 17.9 Å². The van der Waals surface area contributed by atoms with E-state index in [1.807, 2.05) is 18.2 Å². The van der Waals surface area contributed by atoms with Crippen molar-refractivity contribution in [1.29, 1.82) is 0 Å². The number of hydrogen-bond donors (Lipinski definition) is 0. The van der Waals surface area contributed by atoms with Crippen LogP contribution in [-0.2, 0) is 11.3 Å². The highest BCUT2D eigenvalue weighted by Crippen LogP contribution is 2.26. The molecule has 1 aromatic heterocycles. The van der Waals surface area contributed by atoms with Crippen LogP contribution in [0.3, 0.4) is 0 Å². The van der Waals surface area contributed by atoms with E-state index >= 15 is 0 Å². The van der Waals surface area contributed by atoms with E-state index in [9.17, 15) is 9.59 Å². The summed E-state index contributed by atoms with van der Waals surface area (Å²) in [5.41, 5.74) is 1.06. The number of nitrogens with zero attached hydrogens (tertiary/aromatic N) is 1. The number of rotatable bonds is 7. The molecule has 24 heavy (non-hydrogen) atoms. The van der Waals surface area contributed by atoms with Gasteiger partial charge >= 0.3 is 5.97 Å². The number of ether oxygens (including phenoxy) is 2. The summed E-state index contributed by atoms with van der Waals surface area (Å²) in [6.07, 6.45) is 3.58. The quantitative estimate of drug-likeness (QED) is 0.730. The minimum absolute atomic E-state index is 0.0729. The number of pyridine rings is 1. The molecule has 2 rings (SSSR count). The zero-order valence-electron chi connectivity index (χ0n) is 14.4. The number of carbonyl (C=O) groups is 1. The predicted molar refractivity (Wildman–Crippen MR) is 93.6 cm³/mol. The predicted octanol–water partition coefficient (Wildman–Crippen LogP) is 3.50. The molecule has 0 aliphatic rings. The molecular weight excluding hydrogens is 306 g/mol. The van der Waals surface area contributed by atoms with E-state index in [0.717, 1.165) is 18.4 Å². The first kappa shape index (κ1) is 17.8. The molecule has 5 heteroatoms. The summed E-state index contributed by atoms with van der Waals surface area (Å²) in [7, 11) is 1.58.